The standard InChI is InChI=1S/C14H24BrN3O4/c1-20-10-18-14(16-9-17-18)12(19)8-11(15)5-7-22-13-4-2-3-6-21-13/h9,11-13,19H,2-8,10H2,1H3. The van der Waals surface area contributed by atoms with Crippen LogP contribution in [0.2, 0.25) is 0 Å². The van der Waals surface area contributed by atoms with Gasteiger partial charge in [-0.3, -0.25) is 0 Å². The summed E-state index contributed by atoms with van der Waals surface area (Å²) in [5, 5.41) is 14.3. The van der Waals surface area contributed by atoms with E-state index < -0.39 is 6.10 Å². The minimum atomic E-state index is -0.687. The molecule has 3 atom stereocenters. The number of rotatable bonds is 9. The lowest BCUT2D eigenvalue weighted by atomic mass is 10.1. The SMILES string of the molecule is COCn1ncnc1C(O)CC(Br)CCOC1CCCCO1. The lowest BCUT2D eigenvalue weighted by Crippen LogP contribution is -2.23. The Labute approximate surface area is 139 Å². The van der Waals surface area contributed by atoms with Crippen molar-refractivity contribution in [3.05, 3.63) is 12.2 Å². The highest BCUT2D eigenvalue weighted by molar-refractivity contribution is 9.09. The summed E-state index contributed by atoms with van der Waals surface area (Å²) in [6.45, 7) is 1.68. The van der Waals surface area contributed by atoms with Crippen molar-refractivity contribution in [2.24, 2.45) is 0 Å². The van der Waals surface area contributed by atoms with Gasteiger partial charge in [-0.15, -0.1) is 0 Å². The summed E-state index contributed by atoms with van der Waals surface area (Å²) < 4.78 is 17.8. The van der Waals surface area contributed by atoms with Crippen molar-refractivity contribution in [1.29, 1.82) is 0 Å². The molecule has 1 N–H and O–H groups in total. The third-order valence-electron chi connectivity index (χ3n) is 3.55. The minimum Gasteiger partial charge on any atom is -0.385 e. The predicted molar refractivity (Wildman–Crippen MR) is 83.5 cm³/mol. The van der Waals surface area contributed by atoms with Gasteiger partial charge in [0.2, 0.25) is 0 Å². The maximum Gasteiger partial charge on any atom is 0.158 e. The normalized spacial score (nSPS) is 21.7. The summed E-state index contributed by atoms with van der Waals surface area (Å²) in [6.07, 6.45) is 5.26. The average Bonchev–Trinajstić information content (AvgIpc) is 2.97. The average molecular weight is 378 g/mol. The molecule has 0 aromatic carbocycles. The van der Waals surface area contributed by atoms with E-state index in [1.54, 1.807) is 11.8 Å². The van der Waals surface area contributed by atoms with Crippen LogP contribution < -0.4 is 0 Å². The molecule has 0 aliphatic carbocycles. The smallest absolute Gasteiger partial charge is 0.158 e. The molecule has 22 heavy (non-hydrogen) atoms. The van der Waals surface area contributed by atoms with Crippen molar-refractivity contribution >= 4 is 15.9 Å². The Morgan fingerprint density at radius 2 is 2.41 bits per heavy atom. The van der Waals surface area contributed by atoms with E-state index in [-0.39, 0.29) is 17.8 Å². The molecule has 0 amide bonds. The first-order chi connectivity index (χ1) is 10.7. The second-order valence-corrected chi connectivity index (χ2v) is 6.63. The molecule has 0 radical (unpaired) electrons. The molecule has 1 saturated heterocycles. The van der Waals surface area contributed by atoms with Crippen molar-refractivity contribution in [1.82, 2.24) is 14.8 Å². The van der Waals surface area contributed by atoms with Crippen molar-refractivity contribution in [2.75, 3.05) is 20.3 Å². The number of hydrogen-bond donors (Lipinski definition) is 1. The van der Waals surface area contributed by atoms with E-state index in [0.29, 0.717) is 18.9 Å². The zero-order chi connectivity index (χ0) is 15.8. The molecule has 1 aliphatic rings. The van der Waals surface area contributed by atoms with Gasteiger partial charge in [-0.1, -0.05) is 15.9 Å². The fourth-order valence-corrected chi connectivity index (χ4v) is 2.93. The summed E-state index contributed by atoms with van der Waals surface area (Å²) >= 11 is 3.58. The molecule has 0 saturated carbocycles. The van der Waals surface area contributed by atoms with Crippen LogP contribution in [0.1, 0.15) is 44.0 Å². The van der Waals surface area contributed by atoms with E-state index in [1.165, 1.54) is 6.33 Å². The molecule has 1 aromatic rings. The van der Waals surface area contributed by atoms with Gasteiger partial charge in [-0.05, 0) is 32.1 Å². The molecule has 0 bridgehead atoms. The number of halogens is 1. The quantitative estimate of drug-likeness (QED) is 0.663. The molecule has 8 heteroatoms. The molecule has 126 valence electrons. The van der Waals surface area contributed by atoms with Gasteiger partial charge in [-0.2, -0.15) is 5.10 Å². The van der Waals surface area contributed by atoms with E-state index in [9.17, 15) is 5.11 Å². The van der Waals surface area contributed by atoms with Crippen molar-refractivity contribution < 1.29 is 19.3 Å². The minimum absolute atomic E-state index is 0.0665. The van der Waals surface area contributed by atoms with Crippen LogP contribution in [-0.2, 0) is 20.9 Å². The molecule has 1 aromatic heterocycles. The van der Waals surface area contributed by atoms with Crippen LogP contribution in [0.25, 0.3) is 0 Å². The first-order valence-electron chi connectivity index (χ1n) is 7.62. The highest BCUT2D eigenvalue weighted by atomic mass is 79.9. The maximum atomic E-state index is 10.3. The Morgan fingerprint density at radius 1 is 1.55 bits per heavy atom. The molecule has 1 fully saturated rings. The molecule has 3 unspecified atom stereocenters. The number of methoxy groups -OCH3 is 1. The van der Waals surface area contributed by atoms with E-state index >= 15 is 0 Å². The van der Waals surface area contributed by atoms with Crippen LogP contribution in [0.15, 0.2) is 6.33 Å². The van der Waals surface area contributed by atoms with Crippen LogP contribution >= 0.6 is 15.9 Å². The Balaban J connectivity index is 1.69. The van der Waals surface area contributed by atoms with Gasteiger partial charge in [0.25, 0.3) is 0 Å². The number of ether oxygens (including phenoxy) is 3. The zero-order valence-corrected chi connectivity index (χ0v) is 14.4. The first kappa shape index (κ1) is 17.8. The van der Waals surface area contributed by atoms with Gasteiger partial charge in [-0.25, -0.2) is 9.67 Å². The summed E-state index contributed by atoms with van der Waals surface area (Å²) in [7, 11) is 1.58. The Morgan fingerprint density at radius 3 is 3.14 bits per heavy atom. The second-order valence-electron chi connectivity index (χ2n) is 5.34. The van der Waals surface area contributed by atoms with Crippen LogP contribution in [0, 0.1) is 0 Å². The summed E-state index contributed by atoms with van der Waals surface area (Å²) in [5.74, 6) is 0.517. The van der Waals surface area contributed by atoms with Gasteiger partial charge in [0.1, 0.15) is 19.2 Å². The maximum absolute atomic E-state index is 10.3. The predicted octanol–water partition coefficient (Wildman–Crippen LogP) is 2.00. The van der Waals surface area contributed by atoms with Crippen LogP contribution in [0.4, 0.5) is 0 Å². The third-order valence-corrected chi connectivity index (χ3v) is 4.38. The highest BCUT2D eigenvalue weighted by Crippen LogP contribution is 2.23. The third kappa shape index (κ3) is 5.58. The van der Waals surface area contributed by atoms with E-state index in [4.69, 9.17) is 14.2 Å². The van der Waals surface area contributed by atoms with Crippen LogP contribution in [0.3, 0.4) is 0 Å². The molecule has 1 aliphatic heterocycles. The van der Waals surface area contributed by atoms with Crippen molar-refractivity contribution in [2.45, 2.75) is 56.1 Å². The second kappa shape index (κ2) is 9.57. The number of alkyl halides is 1. The fourth-order valence-electron chi connectivity index (χ4n) is 2.39. The van der Waals surface area contributed by atoms with Gasteiger partial charge in [0, 0.05) is 18.5 Å². The number of hydrogen-bond acceptors (Lipinski definition) is 6. The monoisotopic (exact) mass is 377 g/mol. The summed E-state index contributed by atoms with van der Waals surface area (Å²) in [4.78, 5) is 4.23. The molecule has 2 rings (SSSR count). The molecule has 7 nitrogen and oxygen atoms in total. The number of aliphatic hydroxyl groups is 1. The molecule has 2 heterocycles. The first-order valence-corrected chi connectivity index (χ1v) is 8.54. The van der Waals surface area contributed by atoms with Crippen molar-refractivity contribution in [3.8, 4) is 0 Å². The largest absolute Gasteiger partial charge is 0.385 e. The van der Waals surface area contributed by atoms with Gasteiger partial charge >= 0.3 is 0 Å². The zero-order valence-electron chi connectivity index (χ0n) is 12.9. The fraction of sp³-hybridized carbons (Fsp3) is 0.857. The van der Waals surface area contributed by atoms with Crippen LogP contribution in [-0.4, -0.2) is 51.3 Å². The van der Waals surface area contributed by atoms with Gasteiger partial charge < -0.3 is 19.3 Å². The van der Waals surface area contributed by atoms with Gasteiger partial charge in [0.15, 0.2) is 12.1 Å². The summed E-state index contributed by atoms with van der Waals surface area (Å²) in [6, 6.07) is 0. The molecule has 0 spiro atoms. The Hall–Kier alpha value is -0.540. The molecular weight excluding hydrogens is 354 g/mol. The summed E-state index contributed by atoms with van der Waals surface area (Å²) in [5.41, 5.74) is 0. The highest BCUT2D eigenvalue weighted by Gasteiger charge is 2.20. The van der Waals surface area contributed by atoms with Crippen LogP contribution in [0.5, 0.6) is 0 Å². The van der Waals surface area contributed by atoms with E-state index in [1.807, 2.05) is 0 Å². The number of nitrogens with zero attached hydrogens (tertiary/aromatic N) is 3. The number of aliphatic hydroxyl groups excluding tert-OH is 1. The van der Waals surface area contributed by atoms with E-state index in [2.05, 4.69) is 26.0 Å². The Kier molecular flexibility index (Phi) is 7.74. The number of aromatic nitrogens is 3. The topological polar surface area (TPSA) is 78.6 Å². The van der Waals surface area contributed by atoms with Gasteiger partial charge in [0.05, 0.1) is 6.61 Å². The van der Waals surface area contributed by atoms with E-state index in [0.717, 1.165) is 32.3 Å². The molecular formula is C14H24BrN3O4. The lowest BCUT2D eigenvalue weighted by Gasteiger charge is -2.23. The lowest BCUT2D eigenvalue weighted by molar-refractivity contribution is -0.162. The van der Waals surface area contributed by atoms with Crippen molar-refractivity contribution in [3.63, 3.8) is 0 Å². The Bertz CT molecular complexity index is 426.